The molecule has 0 spiro atoms. The lowest BCUT2D eigenvalue weighted by atomic mass is 10.2. The van der Waals surface area contributed by atoms with Crippen molar-refractivity contribution in [2.45, 2.75) is 6.54 Å². The van der Waals surface area contributed by atoms with Crippen LogP contribution in [0, 0.1) is 5.82 Å². The SMILES string of the molecule is Fc1ccc(Cl)cc1CNc1ccsc1. The van der Waals surface area contributed by atoms with Crippen molar-refractivity contribution in [1.82, 2.24) is 0 Å². The number of rotatable bonds is 3. The van der Waals surface area contributed by atoms with Crippen LogP contribution in [0.2, 0.25) is 5.02 Å². The van der Waals surface area contributed by atoms with Crippen LogP contribution in [0.4, 0.5) is 10.1 Å². The van der Waals surface area contributed by atoms with Crippen LogP contribution in [0.1, 0.15) is 5.56 Å². The third-order valence-corrected chi connectivity index (χ3v) is 2.93. The molecule has 78 valence electrons. The highest BCUT2D eigenvalue weighted by Gasteiger charge is 2.02. The molecule has 2 rings (SSSR count). The standard InChI is InChI=1S/C11H9ClFNS/c12-9-1-2-11(13)8(5-9)6-14-10-3-4-15-7-10/h1-5,7,14H,6H2. The molecule has 15 heavy (non-hydrogen) atoms. The van der Waals surface area contributed by atoms with Gasteiger partial charge in [-0.3, -0.25) is 0 Å². The molecule has 0 aliphatic heterocycles. The minimum absolute atomic E-state index is 0.234. The first-order valence-corrected chi connectivity index (χ1v) is 5.78. The van der Waals surface area contributed by atoms with E-state index in [-0.39, 0.29) is 5.82 Å². The van der Waals surface area contributed by atoms with Gasteiger partial charge in [-0.15, -0.1) is 0 Å². The molecule has 0 amide bonds. The second-order valence-electron chi connectivity index (χ2n) is 3.10. The van der Waals surface area contributed by atoms with Crippen molar-refractivity contribution in [2.24, 2.45) is 0 Å². The topological polar surface area (TPSA) is 12.0 Å². The fourth-order valence-corrected chi connectivity index (χ4v) is 2.05. The van der Waals surface area contributed by atoms with Crippen LogP contribution in [0.5, 0.6) is 0 Å². The number of nitrogens with one attached hydrogen (secondary N) is 1. The Morgan fingerprint density at radius 1 is 1.33 bits per heavy atom. The lowest BCUT2D eigenvalue weighted by Crippen LogP contribution is -2.00. The van der Waals surface area contributed by atoms with Crippen LogP contribution in [0.3, 0.4) is 0 Å². The molecule has 0 radical (unpaired) electrons. The fourth-order valence-electron chi connectivity index (χ4n) is 1.24. The fraction of sp³-hybridized carbons (Fsp3) is 0.0909. The molecule has 0 saturated carbocycles. The number of anilines is 1. The minimum atomic E-state index is -0.234. The average molecular weight is 242 g/mol. The summed E-state index contributed by atoms with van der Waals surface area (Å²) in [7, 11) is 0. The second-order valence-corrected chi connectivity index (χ2v) is 4.32. The summed E-state index contributed by atoms with van der Waals surface area (Å²) in [6.45, 7) is 0.448. The summed E-state index contributed by atoms with van der Waals surface area (Å²) in [5.41, 5.74) is 1.58. The first-order chi connectivity index (χ1) is 7.25. The van der Waals surface area contributed by atoms with E-state index < -0.39 is 0 Å². The highest BCUT2D eigenvalue weighted by atomic mass is 35.5. The predicted octanol–water partition coefficient (Wildman–Crippen LogP) is 4.15. The van der Waals surface area contributed by atoms with Crippen LogP contribution >= 0.6 is 22.9 Å². The highest BCUT2D eigenvalue weighted by Crippen LogP contribution is 2.17. The minimum Gasteiger partial charge on any atom is -0.380 e. The largest absolute Gasteiger partial charge is 0.380 e. The van der Waals surface area contributed by atoms with E-state index in [0.717, 1.165) is 5.69 Å². The van der Waals surface area contributed by atoms with Gasteiger partial charge in [0, 0.05) is 28.2 Å². The van der Waals surface area contributed by atoms with Crippen molar-refractivity contribution < 1.29 is 4.39 Å². The molecule has 0 fully saturated rings. The Hall–Kier alpha value is -1.06. The van der Waals surface area contributed by atoms with Gasteiger partial charge in [0.1, 0.15) is 5.82 Å². The number of thiophene rings is 1. The summed E-state index contributed by atoms with van der Waals surface area (Å²) in [5, 5.41) is 7.62. The number of benzene rings is 1. The van der Waals surface area contributed by atoms with Crippen molar-refractivity contribution in [1.29, 1.82) is 0 Å². The third-order valence-electron chi connectivity index (χ3n) is 2.01. The molecule has 0 aliphatic rings. The van der Waals surface area contributed by atoms with Gasteiger partial charge in [0.05, 0.1) is 0 Å². The molecular weight excluding hydrogens is 233 g/mol. The molecule has 1 nitrogen and oxygen atoms in total. The maximum Gasteiger partial charge on any atom is 0.128 e. The lowest BCUT2D eigenvalue weighted by molar-refractivity contribution is 0.613. The molecule has 2 aromatic rings. The van der Waals surface area contributed by atoms with Gasteiger partial charge in [0.25, 0.3) is 0 Å². The van der Waals surface area contributed by atoms with E-state index in [2.05, 4.69) is 5.32 Å². The molecule has 1 heterocycles. The second kappa shape index (κ2) is 4.64. The summed E-state index contributed by atoms with van der Waals surface area (Å²) < 4.78 is 13.3. The molecule has 1 aromatic heterocycles. The van der Waals surface area contributed by atoms with Crippen LogP contribution < -0.4 is 5.32 Å². The molecule has 0 atom stereocenters. The summed E-state index contributed by atoms with van der Waals surface area (Å²) in [5.74, 6) is -0.234. The van der Waals surface area contributed by atoms with Gasteiger partial charge in [0.15, 0.2) is 0 Å². The molecular formula is C11H9ClFNS. The Labute approximate surface area is 96.5 Å². The Morgan fingerprint density at radius 2 is 2.20 bits per heavy atom. The zero-order valence-electron chi connectivity index (χ0n) is 7.84. The highest BCUT2D eigenvalue weighted by molar-refractivity contribution is 7.08. The van der Waals surface area contributed by atoms with E-state index in [1.165, 1.54) is 6.07 Å². The van der Waals surface area contributed by atoms with Crippen molar-refractivity contribution >= 4 is 28.6 Å². The number of halogens is 2. The zero-order valence-corrected chi connectivity index (χ0v) is 9.41. The van der Waals surface area contributed by atoms with Gasteiger partial charge in [-0.1, -0.05) is 11.6 Å². The normalized spacial score (nSPS) is 10.3. The monoisotopic (exact) mass is 241 g/mol. The molecule has 4 heteroatoms. The Balaban J connectivity index is 2.07. The molecule has 0 bridgehead atoms. The quantitative estimate of drug-likeness (QED) is 0.851. The van der Waals surface area contributed by atoms with Crippen LogP contribution in [-0.2, 0) is 6.54 Å². The van der Waals surface area contributed by atoms with Crippen molar-refractivity contribution in [3.05, 3.63) is 51.4 Å². The van der Waals surface area contributed by atoms with Gasteiger partial charge in [0.2, 0.25) is 0 Å². The Kier molecular flexibility index (Phi) is 3.23. The van der Waals surface area contributed by atoms with Gasteiger partial charge >= 0.3 is 0 Å². The Morgan fingerprint density at radius 3 is 2.93 bits per heavy atom. The first kappa shape index (κ1) is 10.5. The molecule has 1 aromatic carbocycles. The van der Waals surface area contributed by atoms with Gasteiger partial charge < -0.3 is 5.32 Å². The lowest BCUT2D eigenvalue weighted by Gasteiger charge is -2.05. The number of hydrogen-bond acceptors (Lipinski definition) is 2. The summed E-state index contributed by atoms with van der Waals surface area (Å²) >= 11 is 7.38. The predicted molar refractivity (Wildman–Crippen MR) is 63.1 cm³/mol. The van der Waals surface area contributed by atoms with E-state index in [9.17, 15) is 4.39 Å². The van der Waals surface area contributed by atoms with Crippen LogP contribution in [-0.4, -0.2) is 0 Å². The molecule has 1 N–H and O–H groups in total. The van der Waals surface area contributed by atoms with E-state index in [4.69, 9.17) is 11.6 Å². The first-order valence-electron chi connectivity index (χ1n) is 4.46. The van der Waals surface area contributed by atoms with Crippen molar-refractivity contribution in [2.75, 3.05) is 5.32 Å². The van der Waals surface area contributed by atoms with Crippen LogP contribution in [0.25, 0.3) is 0 Å². The number of hydrogen-bond donors (Lipinski definition) is 1. The molecule has 0 saturated heterocycles. The zero-order chi connectivity index (χ0) is 10.7. The van der Waals surface area contributed by atoms with Crippen molar-refractivity contribution in [3.8, 4) is 0 Å². The third kappa shape index (κ3) is 2.70. The summed E-state index contributed by atoms with van der Waals surface area (Å²) in [6, 6.07) is 6.52. The van der Waals surface area contributed by atoms with Gasteiger partial charge in [-0.2, -0.15) is 11.3 Å². The molecule has 0 aliphatic carbocycles. The van der Waals surface area contributed by atoms with Gasteiger partial charge in [-0.05, 0) is 29.6 Å². The maximum absolute atomic E-state index is 13.3. The van der Waals surface area contributed by atoms with Crippen LogP contribution in [0.15, 0.2) is 35.0 Å². The summed E-state index contributed by atoms with van der Waals surface area (Å²) in [6.07, 6.45) is 0. The average Bonchev–Trinajstić information content (AvgIpc) is 2.72. The van der Waals surface area contributed by atoms with E-state index in [1.807, 2.05) is 16.8 Å². The van der Waals surface area contributed by atoms with E-state index in [1.54, 1.807) is 23.5 Å². The smallest absolute Gasteiger partial charge is 0.128 e. The van der Waals surface area contributed by atoms with Crippen molar-refractivity contribution in [3.63, 3.8) is 0 Å². The maximum atomic E-state index is 13.3. The Bertz CT molecular complexity index is 442. The molecule has 0 unspecified atom stereocenters. The summed E-state index contributed by atoms with van der Waals surface area (Å²) in [4.78, 5) is 0. The van der Waals surface area contributed by atoms with E-state index in [0.29, 0.717) is 17.1 Å². The van der Waals surface area contributed by atoms with Gasteiger partial charge in [-0.25, -0.2) is 4.39 Å². The van der Waals surface area contributed by atoms with E-state index >= 15 is 0 Å².